The summed E-state index contributed by atoms with van der Waals surface area (Å²) in [5.41, 5.74) is 5.44. The average Bonchev–Trinajstić information content (AvgIpc) is 3.55. The van der Waals surface area contributed by atoms with Gasteiger partial charge in [-0.1, -0.05) is 18.2 Å². The summed E-state index contributed by atoms with van der Waals surface area (Å²) in [5, 5.41) is 4.61. The molecule has 3 aliphatic rings. The molecule has 3 aliphatic heterocycles. The van der Waals surface area contributed by atoms with Crippen molar-refractivity contribution in [2.24, 2.45) is 0 Å². The third-order valence-electron chi connectivity index (χ3n) is 7.84. The summed E-state index contributed by atoms with van der Waals surface area (Å²) >= 11 is 0. The smallest absolute Gasteiger partial charge is 0.259 e. The minimum absolute atomic E-state index is 0.191. The van der Waals surface area contributed by atoms with Crippen LogP contribution in [0.5, 0.6) is 5.75 Å². The van der Waals surface area contributed by atoms with Crippen molar-refractivity contribution in [3.8, 4) is 5.75 Å². The van der Waals surface area contributed by atoms with Crippen molar-refractivity contribution in [2.45, 2.75) is 45.6 Å². The molecule has 3 amide bonds. The zero-order chi connectivity index (χ0) is 26.6. The van der Waals surface area contributed by atoms with E-state index in [2.05, 4.69) is 36.0 Å². The molecule has 8 nitrogen and oxygen atoms in total. The molecule has 0 spiro atoms. The number of carbonyl (C=O) groups is 3. The average molecular weight is 513 g/mol. The summed E-state index contributed by atoms with van der Waals surface area (Å²) in [6, 6.07) is 14.3. The van der Waals surface area contributed by atoms with Gasteiger partial charge in [-0.15, -0.1) is 0 Å². The van der Waals surface area contributed by atoms with Crippen LogP contribution in [0.1, 0.15) is 56.7 Å². The molecule has 1 fully saturated rings. The van der Waals surface area contributed by atoms with E-state index in [-0.39, 0.29) is 36.2 Å². The Hall–Kier alpha value is -4.07. The van der Waals surface area contributed by atoms with Gasteiger partial charge in [0.25, 0.3) is 5.91 Å². The molecule has 0 aliphatic carbocycles. The topological polar surface area (TPSA) is 83.9 Å². The van der Waals surface area contributed by atoms with Crippen LogP contribution >= 0.6 is 0 Å². The van der Waals surface area contributed by atoms with E-state index in [0.29, 0.717) is 25.1 Å². The fraction of sp³-hybridized carbons (Fsp3) is 0.367. The molecule has 1 atom stereocenters. The van der Waals surface area contributed by atoms with Gasteiger partial charge in [-0.2, -0.15) is 0 Å². The lowest BCUT2D eigenvalue weighted by Crippen LogP contribution is -2.33. The van der Waals surface area contributed by atoms with Crippen LogP contribution in [-0.4, -0.2) is 58.3 Å². The number of nitrogens with one attached hydrogen (secondary N) is 1. The Kier molecular flexibility index (Phi) is 5.97. The van der Waals surface area contributed by atoms with Crippen LogP contribution in [0.25, 0.3) is 10.9 Å². The van der Waals surface area contributed by atoms with Gasteiger partial charge in [0.2, 0.25) is 11.8 Å². The lowest BCUT2D eigenvalue weighted by molar-refractivity contribution is -0.139. The minimum atomic E-state index is -0.336. The number of ether oxygens (including phenoxy) is 1. The van der Waals surface area contributed by atoms with Crippen molar-refractivity contribution >= 4 is 34.3 Å². The lowest BCUT2D eigenvalue weighted by atomic mass is 9.84. The second kappa shape index (κ2) is 9.35. The van der Waals surface area contributed by atoms with Crippen molar-refractivity contribution < 1.29 is 19.1 Å². The number of amides is 3. The van der Waals surface area contributed by atoms with Crippen LogP contribution in [-0.2, 0) is 14.4 Å². The molecule has 38 heavy (non-hydrogen) atoms. The molecule has 0 bridgehead atoms. The van der Waals surface area contributed by atoms with Gasteiger partial charge < -0.3 is 19.5 Å². The predicted octanol–water partition coefficient (Wildman–Crippen LogP) is 4.42. The van der Waals surface area contributed by atoms with E-state index >= 15 is 0 Å². The quantitative estimate of drug-likeness (QED) is 0.529. The first-order valence-corrected chi connectivity index (χ1v) is 13.3. The zero-order valence-corrected chi connectivity index (χ0v) is 22.0. The first-order valence-electron chi connectivity index (χ1n) is 13.3. The van der Waals surface area contributed by atoms with Crippen molar-refractivity contribution in [1.82, 2.24) is 14.4 Å². The molecule has 6 rings (SSSR count). The Morgan fingerprint density at radius 3 is 2.61 bits per heavy atom. The molecule has 1 saturated heterocycles. The van der Waals surface area contributed by atoms with E-state index in [1.54, 1.807) is 0 Å². The van der Waals surface area contributed by atoms with E-state index in [0.717, 1.165) is 52.1 Å². The van der Waals surface area contributed by atoms with Gasteiger partial charge in [0, 0.05) is 54.8 Å². The fourth-order valence-electron chi connectivity index (χ4n) is 5.98. The maximum Gasteiger partial charge on any atom is 0.259 e. The highest BCUT2D eigenvalue weighted by molar-refractivity contribution is 6.11. The molecule has 4 heterocycles. The Morgan fingerprint density at radius 1 is 1.13 bits per heavy atom. The van der Waals surface area contributed by atoms with Gasteiger partial charge >= 0.3 is 0 Å². The molecular weight excluding hydrogens is 480 g/mol. The number of imide groups is 1. The number of likely N-dealkylation sites (tertiary alicyclic amines) is 1. The molecule has 1 N–H and O–H groups in total. The van der Waals surface area contributed by atoms with E-state index in [4.69, 9.17) is 4.74 Å². The van der Waals surface area contributed by atoms with E-state index in [1.807, 2.05) is 41.3 Å². The van der Waals surface area contributed by atoms with E-state index in [9.17, 15) is 14.4 Å². The summed E-state index contributed by atoms with van der Waals surface area (Å²) < 4.78 is 8.19. The lowest BCUT2D eigenvalue weighted by Gasteiger charge is -2.20. The normalized spacial score (nSPS) is 18.9. The number of hydrogen-bond acceptors (Lipinski definition) is 5. The highest BCUT2D eigenvalue weighted by Gasteiger charge is 2.41. The number of hydrogen-bond donors (Lipinski definition) is 1. The van der Waals surface area contributed by atoms with Crippen LogP contribution in [0, 0.1) is 0 Å². The minimum Gasteiger partial charge on any atom is -0.492 e. The van der Waals surface area contributed by atoms with Gasteiger partial charge in [0.1, 0.15) is 12.4 Å². The summed E-state index contributed by atoms with van der Waals surface area (Å²) in [7, 11) is 0. The predicted molar refractivity (Wildman–Crippen MR) is 145 cm³/mol. The van der Waals surface area contributed by atoms with Gasteiger partial charge in [-0.05, 0) is 55.7 Å². The summed E-state index contributed by atoms with van der Waals surface area (Å²) in [4.78, 5) is 41.0. The molecule has 3 aromatic rings. The molecule has 2 aromatic carbocycles. The highest BCUT2D eigenvalue weighted by Crippen LogP contribution is 2.47. The van der Waals surface area contributed by atoms with Crippen molar-refractivity contribution in [2.75, 3.05) is 31.6 Å². The Morgan fingerprint density at radius 2 is 1.92 bits per heavy atom. The van der Waals surface area contributed by atoms with Crippen LogP contribution in [0.4, 0.5) is 5.69 Å². The first kappa shape index (κ1) is 24.3. The Bertz CT molecular complexity index is 1480. The molecule has 0 radical (unpaired) electrons. The SMILES string of the molecule is CC(=O)N1CC2=C(C1=O)C(c1ccc(OCCN3CCCC3=O)cc1)c1cn(C(C)C)c3cccc(c13)N2. The molecule has 1 unspecified atom stereocenters. The maximum absolute atomic E-state index is 13.6. The van der Waals surface area contributed by atoms with E-state index in [1.165, 1.54) is 11.8 Å². The largest absolute Gasteiger partial charge is 0.492 e. The second-order valence-corrected chi connectivity index (χ2v) is 10.5. The first-order chi connectivity index (χ1) is 18.3. The molecule has 1 aromatic heterocycles. The summed E-state index contributed by atoms with van der Waals surface area (Å²) in [6.07, 6.45) is 3.69. The van der Waals surface area contributed by atoms with Crippen LogP contribution in [0.3, 0.4) is 0 Å². The number of aromatic nitrogens is 1. The standard InChI is InChI=1S/C30H32N4O4/c1-18(2)33-16-22-27(20-9-11-21(12-10-20)38-15-14-32-13-5-8-26(32)36)29-24(17-34(19(3)35)30(29)37)31-23-6-4-7-25(33)28(22)23/h4,6-7,9-12,16,18,27,31H,5,8,13-15,17H2,1-3H3. The number of nitrogens with zero attached hydrogens (tertiary/aromatic N) is 3. The monoisotopic (exact) mass is 512 g/mol. The van der Waals surface area contributed by atoms with Crippen LogP contribution < -0.4 is 10.1 Å². The number of rotatable bonds is 6. The van der Waals surface area contributed by atoms with Gasteiger partial charge in [0.05, 0.1) is 24.2 Å². The fourth-order valence-corrected chi connectivity index (χ4v) is 5.98. The van der Waals surface area contributed by atoms with Crippen molar-refractivity contribution in [3.05, 3.63) is 71.1 Å². The zero-order valence-electron chi connectivity index (χ0n) is 22.0. The highest BCUT2D eigenvalue weighted by atomic mass is 16.5. The van der Waals surface area contributed by atoms with Gasteiger partial charge in [0.15, 0.2) is 0 Å². The van der Waals surface area contributed by atoms with Gasteiger partial charge in [-0.3, -0.25) is 19.3 Å². The maximum atomic E-state index is 13.6. The third-order valence-corrected chi connectivity index (χ3v) is 7.84. The van der Waals surface area contributed by atoms with Crippen molar-refractivity contribution in [1.29, 1.82) is 0 Å². The van der Waals surface area contributed by atoms with Gasteiger partial charge in [-0.25, -0.2) is 0 Å². The van der Waals surface area contributed by atoms with Crippen LogP contribution in [0.2, 0.25) is 0 Å². The summed E-state index contributed by atoms with van der Waals surface area (Å²) in [5.74, 6) is 0.0585. The Balaban J connectivity index is 1.38. The number of carbonyl (C=O) groups excluding carboxylic acids is 3. The Labute approximate surface area is 221 Å². The van der Waals surface area contributed by atoms with Crippen LogP contribution in [0.15, 0.2) is 59.9 Å². The van der Waals surface area contributed by atoms with E-state index < -0.39 is 0 Å². The third kappa shape index (κ3) is 3.95. The molecular formula is C30H32N4O4. The van der Waals surface area contributed by atoms with Crippen molar-refractivity contribution in [3.63, 3.8) is 0 Å². The molecule has 0 saturated carbocycles. The molecule has 8 heteroatoms. The summed E-state index contributed by atoms with van der Waals surface area (Å²) in [6.45, 7) is 7.78. The molecule has 196 valence electrons. The number of anilines is 1. The number of benzene rings is 2. The second-order valence-electron chi connectivity index (χ2n) is 10.5.